The fourth-order valence-corrected chi connectivity index (χ4v) is 2.15. The summed E-state index contributed by atoms with van der Waals surface area (Å²) in [6, 6.07) is 8.22. The number of nitrogen functional groups attached to an aromatic ring is 1. The van der Waals surface area contributed by atoms with Crippen LogP contribution in [-0.2, 0) is 6.42 Å². The molecule has 0 unspecified atom stereocenters. The summed E-state index contributed by atoms with van der Waals surface area (Å²) < 4.78 is 0. The molecular formula is C14H20N2. The third-order valence-corrected chi connectivity index (χ3v) is 3.03. The zero-order valence-electron chi connectivity index (χ0n) is 9.73. The standard InChI is InChI=1S/C14H20N2/c15-14-8-4-6-13(12-14)7-5-11-16-9-2-1-3-10-16/h1-2,4,6,8,12H,3,5,7,9-11,15H2. The summed E-state index contributed by atoms with van der Waals surface area (Å²) in [5.74, 6) is 0. The van der Waals surface area contributed by atoms with Crippen molar-refractivity contribution >= 4 is 5.69 Å². The van der Waals surface area contributed by atoms with Crippen LogP contribution in [0.4, 0.5) is 5.69 Å². The molecule has 2 heteroatoms. The van der Waals surface area contributed by atoms with Crippen molar-refractivity contribution in [2.75, 3.05) is 25.4 Å². The largest absolute Gasteiger partial charge is 0.399 e. The molecule has 1 aliphatic rings. The van der Waals surface area contributed by atoms with Crippen molar-refractivity contribution in [2.24, 2.45) is 0 Å². The number of hydrogen-bond acceptors (Lipinski definition) is 2. The van der Waals surface area contributed by atoms with Gasteiger partial charge in [-0.2, -0.15) is 0 Å². The quantitative estimate of drug-likeness (QED) is 0.619. The smallest absolute Gasteiger partial charge is 0.0316 e. The van der Waals surface area contributed by atoms with Gasteiger partial charge in [-0.15, -0.1) is 0 Å². The zero-order valence-corrected chi connectivity index (χ0v) is 9.73. The van der Waals surface area contributed by atoms with E-state index in [2.05, 4.69) is 29.2 Å². The minimum atomic E-state index is 0.874. The highest BCUT2D eigenvalue weighted by Gasteiger charge is 2.05. The van der Waals surface area contributed by atoms with Crippen LogP contribution in [0.5, 0.6) is 0 Å². The maximum Gasteiger partial charge on any atom is 0.0316 e. The van der Waals surface area contributed by atoms with E-state index < -0.39 is 0 Å². The van der Waals surface area contributed by atoms with Gasteiger partial charge < -0.3 is 5.73 Å². The minimum absolute atomic E-state index is 0.874. The summed E-state index contributed by atoms with van der Waals surface area (Å²) in [5.41, 5.74) is 7.98. The second-order valence-electron chi connectivity index (χ2n) is 4.41. The molecule has 1 aromatic rings. The second kappa shape index (κ2) is 5.71. The molecule has 1 aromatic carbocycles. The van der Waals surface area contributed by atoms with Crippen LogP contribution < -0.4 is 5.73 Å². The maximum absolute atomic E-state index is 5.75. The van der Waals surface area contributed by atoms with Crippen LogP contribution in [0.3, 0.4) is 0 Å². The van der Waals surface area contributed by atoms with Crippen LogP contribution in [0.2, 0.25) is 0 Å². The molecule has 2 N–H and O–H groups in total. The van der Waals surface area contributed by atoms with Gasteiger partial charge in [-0.25, -0.2) is 0 Å². The highest BCUT2D eigenvalue weighted by Crippen LogP contribution is 2.10. The Morgan fingerprint density at radius 1 is 1.25 bits per heavy atom. The van der Waals surface area contributed by atoms with Gasteiger partial charge in [0.1, 0.15) is 0 Å². The predicted octanol–water partition coefficient (Wildman–Crippen LogP) is 2.46. The van der Waals surface area contributed by atoms with Crippen LogP contribution in [0.25, 0.3) is 0 Å². The van der Waals surface area contributed by atoms with E-state index in [4.69, 9.17) is 5.73 Å². The average molecular weight is 216 g/mol. The molecule has 0 amide bonds. The summed E-state index contributed by atoms with van der Waals surface area (Å²) in [7, 11) is 0. The van der Waals surface area contributed by atoms with E-state index in [0.29, 0.717) is 0 Å². The topological polar surface area (TPSA) is 29.3 Å². The summed E-state index contributed by atoms with van der Waals surface area (Å²) in [6.45, 7) is 3.53. The Labute approximate surface area is 97.8 Å². The Hall–Kier alpha value is -1.28. The molecule has 0 saturated heterocycles. The van der Waals surface area contributed by atoms with Crippen molar-refractivity contribution in [3.05, 3.63) is 42.0 Å². The lowest BCUT2D eigenvalue weighted by molar-refractivity contribution is 0.295. The molecule has 0 atom stereocenters. The number of nitrogens with zero attached hydrogens (tertiary/aromatic N) is 1. The van der Waals surface area contributed by atoms with E-state index in [1.807, 2.05) is 12.1 Å². The number of hydrogen-bond donors (Lipinski definition) is 1. The Kier molecular flexibility index (Phi) is 4.00. The van der Waals surface area contributed by atoms with E-state index in [1.165, 1.54) is 31.5 Å². The third-order valence-electron chi connectivity index (χ3n) is 3.03. The summed E-state index contributed by atoms with van der Waals surface area (Å²) >= 11 is 0. The molecule has 16 heavy (non-hydrogen) atoms. The predicted molar refractivity (Wildman–Crippen MR) is 69.4 cm³/mol. The highest BCUT2D eigenvalue weighted by molar-refractivity contribution is 5.40. The molecular weight excluding hydrogens is 196 g/mol. The third kappa shape index (κ3) is 3.38. The van der Waals surface area contributed by atoms with Crippen LogP contribution >= 0.6 is 0 Å². The van der Waals surface area contributed by atoms with Crippen molar-refractivity contribution < 1.29 is 0 Å². The first-order valence-electron chi connectivity index (χ1n) is 6.06. The molecule has 0 spiro atoms. The van der Waals surface area contributed by atoms with Gasteiger partial charge in [0.2, 0.25) is 0 Å². The molecule has 1 heterocycles. The molecule has 86 valence electrons. The summed E-state index contributed by atoms with van der Waals surface area (Å²) in [5, 5.41) is 0. The van der Waals surface area contributed by atoms with Crippen molar-refractivity contribution in [1.29, 1.82) is 0 Å². The monoisotopic (exact) mass is 216 g/mol. The van der Waals surface area contributed by atoms with Crippen LogP contribution in [-0.4, -0.2) is 24.5 Å². The SMILES string of the molecule is Nc1cccc(CCCN2CC=CCC2)c1. The Morgan fingerprint density at radius 2 is 2.19 bits per heavy atom. The van der Waals surface area contributed by atoms with E-state index in [0.717, 1.165) is 18.7 Å². The fraction of sp³-hybridized carbons (Fsp3) is 0.429. The van der Waals surface area contributed by atoms with E-state index in [9.17, 15) is 0 Å². The first-order valence-corrected chi connectivity index (χ1v) is 6.06. The van der Waals surface area contributed by atoms with Crippen LogP contribution in [0.1, 0.15) is 18.4 Å². The Bertz CT molecular complexity index is 358. The number of anilines is 1. The first kappa shape index (κ1) is 11.2. The molecule has 0 fully saturated rings. The maximum atomic E-state index is 5.75. The van der Waals surface area contributed by atoms with Gasteiger partial charge in [0, 0.05) is 18.8 Å². The molecule has 2 rings (SSSR count). The van der Waals surface area contributed by atoms with Crippen molar-refractivity contribution in [2.45, 2.75) is 19.3 Å². The highest BCUT2D eigenvalue weighted by atomic mass is 15.1. The van der Waals surface area contributed by atoms with Gasteiger partial charge in [-0.3, -0.25) is 4.90 Å². The molecule has 0 saturated carbocycles. The van der Waals surface area contributed by atoms with Crippen molar-refractivity contribution in [3.8, 4) is 0 Å². The lowest BCUT2D eigenvalue weighted by Gasteiger charge is -2.22. The van der Waals surface area contributed by atoms with E-state index in [-0.39, 0.29) is 0 Å². The fourth-order valence-electron chi connectivity index (χ4n) is 2.15. The van der Waals surface area contributed by atoms with Crippen LogP contribution in [0, 0.1) is 0 Å². The van der Waals surface area contributed by atoms with Crippen LogP contribution in [0.15, 0.2) is 36.4 Å². The van der Waals surface area contributed by atoms with Crippen molar-refractivity contribution in [3.63, 3.8) is 0 Å². The van der Waals surface area contributed by atoms with Gasteiger partial charge in [0.05, 0.1) is 0 Å². The van der Waals surface area contributed by atoms with E-state index in [1.54, 1.807) is 0 Å². The molecule has 2 nitrogen and oxygen atoms in total. The number of benzene rings is 1. The van der Waals surface area contributed by atoms with Crippen molar-refractivity contribution in [1.82, 2.24) is 4.90 Å². The van der Waals surface area contributed by atoms with Gasteiger partial charge >= 0.3 is 0 Å². The molecule has 1 aliphatic heterocycles. The lowest BCUT2D eigenvalue weighted by atomic mass is 10.1. The Morgan fingerprint density at radius 3 is 2.94 bits per heavy atom. The molecule has 0 aromatic heterocycles. The molecule has 0 aliphatic carbocycles. The number of rotatable bonds is 4. The number of aryl methyl sites for hydroxylation is 1. The van der Waals surface area contributed by atoms with Gasteiger partial charge in [0.15, 0.2) is 0 Å². The normalized spacial score (nSPS) is 16.5. The van der Waals surface area contributed by atoms with Gasteiger partial charge in [-0.1, -0.05) is 24.3 Å². The Balaban J connectivity index is 1.73. The summed E-state index contributed by atoms with van der Waals surface area (Å²) in [6.07, 6.45) is 8.10. The summed E-state index contributed by atoms with van der Waals surface area (Å²) in [4.78, 5) is 2.51. The lowest BCUT2D eigenvalue weighted by Crippen LogP contribution is -2.28. The number of nitrogens with two attached hydrogens (primary N) is 1. The zero-order chi connectivity index (χ0) is 11.2. The van der Waals surface area contributed by atoms with Gasteiger partial charge in [-0.05, 0) is 43.5 Å². The van der Waals surface area contributed by atoms with Gasteiger partial charge in [0.25, 0.3) is 0 Å². The molecule has 0 bridgehead atoms. The molecule has 0 radical (unpaired) electrons. The first-order chi connectivity index (χ1) is 7.84. The second-order valence-corrected chi connectivity index (χ2v) is 4.41. The van der Waals surface area contributed by atoms with E-state index >= 15 is 0 Å². The average Bonchev–Trinajstić information content (AvgIpc) is 2.30. The minimum Gasteiger partial charge on any atom is -0.399 e.